The number of ether oxygens (including phenoxy) is 1. The van der Waals surface area contributed by atoms with Gasteiger partial charge in [-0.05, 0) is 43.0 Å². The summed E-state index contributed by atoms with van der Waals surface area (Å²) in [7, 11) is -2.36. The van der Waals surface area contributed by atoms with Crippen LogP contribution in [0.1, 0.15) is 39.5 Å². The van der Waals surface area contributed by atoms with Crippen molar-refractivity contribution in [2.45, 2.75) is 50.5 Å². The van der Waals surface area contributed by atoms with Crippen LogP contribution in [0.2, 0.25) is 0 Å². The van der Waals surface area contributed by atoms with Crippen molar-refractivity contribution < 1.29 is 22.7 Å². The Morgan fingerprint density at radius 2 is 1.55 bits per heavy atom. The molecule has 1 aliphatic heterocycles. The Balaban J connectivity index is 1.63. The molecule has 1 aliphatic carbocycles. The number of rotatable bonds is 7. The minimum Gasteiger partial charge on any atom is -0.497 e. The van der Waals surface area contributed by atoms with Gasteiger partial charge < -0.3 is 14.5 Å². The second-order valence-electron chi connectivity index (χ2n) is 8.65. The summed E-state index contributed by atoms with van der Waals surface area (Å²) in [5.74, 6) is 0.409. The van der Waals surface area contributed by atoms with E-state index < -0.39 is 16.1 Å². The maximum absolute atomic E-state index is 13.2. The molecule has 1 saturated heterocycles. The fraction of sp³-hybridized carbons (Fsp3) is 0.636. The number of nitrogens with one attached hydrogen (secondary N) is 1. The van der Waals surface area contributed by atoms with Gasteiger partial charge in [-0.25, -0.2) is 8.42 Å². The first kappa shape index (κ1) is 23.5. The first-order valence-electron chi connectivity index (χ1n) is 11.0. The van der Waals surface area contributed by atoms with Crippen molar-refractivity contribution >= 4 is 21.8 Å². The minimum absolute atomic E-state index is 0.0822. The summed E-state index contributed by atoms with van der Waals surface area (Å²) in [6, 6.07) is 5.18. The number of hydrogen-bond acceptors (Lipinski definition) is 5. The molecule has 1 aromatic carbocycles. The molecule has 0 aromatic heterocycles. The monoisotopic (exact) mass is 451 g/mol. The molecule has 1 heterocycles. The highest BCUT2D eigenvalue weighted by Crippen LogP contribution is 2.27. The van der Waals surface area contributed by atoms with Crippen LogP contribution in [0.4, 0.5) is 0 Å². The molecule has 8 nitrogen and oxygen atoms in total. The SMILES string of the molecule is COc1ccc(S(=O)(=O)N[C@H](C(=O)N2CCN(C(=O)C3CCCC3)CC2)C(C)C)cc1. The zero-order valence-electron chi connectivity index (χ0n) is 18.5. The van der Waals surface area contributed by atoms with E-state index in [2.05, 4.69) is 4.72 Å². The van der Waals surface area contributed by atoms with Crippen molar-refractivity contribution in [3.8, 4) is 5.75 Å². The fourth-order valence-corrected chi connectivity index (χ4v) is 5.57. The zero-order chi connectivity index (χ0) is 22.6. The molecule has 0 unspecified atom stereocenters. The van der Waals surface area contributed by atoms with Crippen molar-refractivity contribution in [3.05, 3.63) is 24.3 Å². The lowest BCUT2D eigenvalue weighted by molar-refractivity contribution is -0.143. The number of hydrogen-bond donors (Lipinski definition) is 1. The van der Waals surface area contributed by atoms with Crippen molar-refractivity contribution in [2.75, 3.05) is 33.3 Å². The summed E-state index contributed by atoms with van der Waals surface area (Å²) >= 11 is 0. The van der Waals surface area contributed by atoms with E-state index in [0.717, 1.165) is 25.7 Å². The lowest BCUT2D eigenvalue weighted by Crippen LogP contribution is -2.57. The van der Waals surface area contributed by atoms with Gasteiger partial charge in [0.2, 0.25) is 21.8 Å². The Morgan fingerprint density at radius 3 is 2.06 bits per heavy atom. The van der Waals surface area contributed by atoms with Crippen molar-refractivity contribution in [1.82, 2.24) is 14.5 Å². The second kappa shape index (κ2) is 9.99. The molecule has 2 amide bonds. The average molecular weight is 452 g/mol. The smallest absolute Gasteiger partial charge is 0.241 e. The zero-order valence-corrected chi connectivity index (χ0v) is 19.4. The summed E-state index contributed by atoms with van der Waals surface area (Å²) in [5.41, 5.74) is 0. The summed E-state index contributed by atoms with van der Waals surface area (Å²) < 4.78 is 33.3. The Morgan fingerprint density at radius 1 is 1.00 bits per heavy atom. The Kier molecular flexibility index (Phi) is 7.59. The van der Waals surface area contributed by atoms with Gasteiger partial charge >= 0.3 is 0 Å². The van der Waals surface area contributed by atoms with Gasteiger partial charge in [0.05, 0.1) is 12.0 Å². The third kappa shape index (κ3) is 5.57. The van der Waals surface area contributed by atoms with Crippen LogP contribution in [-0.2, 0) is 19.6 Å². The van der Waals surface area contributed by atoms with E-state index >= 15 is 0 Å². The van der Waals surface area contributed by atoms with Gasteiger partial charge in [0, 0.05) is 32.1 Å². The van der Waals surface area contributed by atoms with Gasteiger partial charge in [0.25, 0.3) is 0 Å². The third-order valence-corrected chi connectivity index (χ3v) is 7.65. The topological polar surface area (TPSA) is 96.0 Å². The van der Waals surface area contributed by atoms with E-state index in [4.69, 9.17) is 4.74 Å². The van der Waals surface area contributed by atoms with E-state index in [1.54, 1.807) is 17.0 Å². The molecule has 1 N–H and O–H groups in total. The van der Waals surface area contributed by atoms with E-state index in [1.807, 2.05) is 18.7 Å². The average Bonchev–Trinajstić information content (AvgIpc) is 3.31. The predicted octanol–water partition coefficient (Wildman–Crippen LogP) is 1.86. The quantitative estimate of drug-likeness (QED) is 0.683. The summed E-state index contributed by atoms with van der Waals surface area (Å²) in [6.45, 7) is 5.47. The number of amides is 2. The van der Waals surface area contributed by atoms with Crippen LogP contribution in [0.25, 0.3) is 0 Å². The molecule has 0 spiro atoms. The number of benzene rings is 1. The molecule has 172 valence electrons. The van der Waals surface area contributed by atoms with Gasteiger partial charge in [0.1, 0.15) is 11.8 Å². The van der Waals surface area contributed by atoms with Gasteiger partial charge in [0.15, 0.2) is 0 Å². The predicted molar refractivity (Wildman–Crippen MR) is 117 cm³/mol. The molecule has 1 saturated carbocycles. The van der Waals surface area contributed by atoms with Crippen LogP contribution in [0, 0.1) is 11.8 Å². The summed E-state index contributed by atoms with van der Waals surface area (Å²) in [5, 5.41) is 0. The van der Waals surface area contributed by atoms with Crippen LogP contribution in [0.15, 0.2) is 29.2 Å². The van der Waals surface area contributed by atoms with Gasteiger partial charge in [-0.3, -0.25) is 9.59 Å². The van der Waals surface area contributed by atoms with Gasteiger partial charge in [-0.2, -0.15) is 4.72 Å². The van der Waals surface area contributed by atoms with Crippen LogP contribution in [0.3, 0.4) is 0 Å². The second-order valence-corrected chi connectivity index (χ2v) is 10.4. The first-order valence-corrected chi connectivity index (χ1v) is 12.4. The lowest BCUT2D eigenvalue weighted by Gasteiger charge is -2.38. The highest BCUT2D eigenvalue weighted by Gasteiger charge is 2.35. The number of piperazine rings is 1. The van der Waals surface area contributed by atoms with Gasteiger partial charge in [-0.1, -0.05) is 26.7 Å². The lowest BCUT2D eigenvalue weighted by atomic mass is 10.0. The molecule has 2 fully saturated rings. The largest absolute Gasteiger partial charge is 0.497 e. The molecule has 0 radical (unpaired) electrons. The third-order valence-electron chi connectivity index (χ3n) is 6.19. The molecule has 3 rings (SSSR count). The standard InChI is InChI=1S/C22H33N3O5S/c1-16(2)20(23-31(28,29)19-10-8-18(30-3)9-11-19)22(27)25-14-12-24(13-15-25)21(26)17-6-4-5-7-17/h8-11,16-17,20,23H,4-7,12-15H2,1-3H3/t20-/m0/s1. The molecule has 0 bridgehead atoms. The molecular weight excluding hydrogens is 418 g/mol. The highest BCUT2D eigenvalue weighted by molar-refractivity contribution is 7.89. The van der Waals surface area contributed by atoms with Crippen molar-refractivity contribution in [3.63, 3.8) is 0 Å². The van der Waals surface area contributed by atoms with Crippen molar-refractivity contribution in [2.24, 2.45) is 11.8 Å². The number of sulfonamides is 1. The number of carbonyl (C=O) groups is 2. The summed E-state index contributed by atoms with van der Waals surface area (Å²) in [4.78, 5) is 29.4. The van der Waals surface area contributed by atoms with Crippen LogP contribution in [-0.4, -0.2) is 69.4 Å². The molecule has 9 heteroatoms. The van der Waals surface area contributed by atoms with E-state index in [9.17, 15) is 18.0 Å². The van der Waals surface area contributed by atoms with E-state index in [1.165, 1.54) is 19.2 Å². The fourth-order valence-electron chi connectivity index (χ4n) is 4.24. The van der Waals surface area contributed by atoms with Crippen molar-refractivity contribution in [1.29, 1.82) is 0 Å². The Hall–Kier alpha value is -2.13. The summed E-state index contributed by atoms with van der Waals surface area (Å²) in [6.07, 6.45) is 4.14. The van der Waals surface area contributed by atoms with E-state index in [0.29, 0.717) is 31.9 Å². The maximum atomic E-state index is 13.2. The maximum Gasteiger partial charge on any atom is 0.241 e. The van der Waals surface area contributed by atoms with Gasteiger partial charge in [-0.15, -0.1) is 0 Å². The Bertz CT molecular complexity index is 871. The number of methoxy groups -OCH3 is 1. The molecule has 31 heavy (non-hydrogen) atoms. The van der Waals surface area contributed by atoms with E-state index in [-0.39, 0.29) is 28.5 Å². The molecule has 1 atom stereocenters. The Labute approximate surface area is 185 Å². The van der Waals surface area contributed by atoms with Crippen LogP contribution < -0.4 is 9.46 Å². The molecule has 1 aromatic rings. The highest BCUT2D eigenvalue weighted by atomic mass is 32.2. The number of nitrogens with zero attached hydrogens (tertiary/aromatic N) is 2. The first-order chi connectivity index (χ1) is 14.7. The van der Waals surface area contributed by atoms with Crippen LogP contribution >= 0.6 is 0 Å². The normalized spacial score (nSPS) is 19.0. The minimum atomic E-state index is -3.87. The molecular formula is C22H33N3O5S. The molecule has 2 aliphatic rings. The number of carbonyl (C=O) groups excluding carboxylic acids is 2. The van der Waals surface area contributed by atoms with Crippen LogP contribution in [0.5, 0.6) is 5.75 Å².